The lowest BCUT2D eigenvalue weighted by molar-refractivity contribution is -0.130. The van der Waals surface area contributed by atoms with Gasteiger partial charge in [0, 0.05) is 31.9 Å². The molecule has 2 aromatic rings. The van der Waals surface area contributed by atoms with Gasteiger partial charge in [0.15, 0.2) is 5.69 Å². The van der Waals surface area contributed by atoms with Crippen LogP contribution in [0.3, 0.4) is 0 Å². The Morgan fingerprint density at radius 1 is 1.39 bits per heavy atom. The summed E-state index contributed by atoms with van der Waals surface area (Å²) in [5.74, 6) is -0.158. The zero-order valence-corrected chi connectivity index (χ0v) is 13.2. The monoisotopic (exact) mass is 312 g/mol. The minimum atomic E-state index is -0.0853. The van der Waals surface area contributed by atoms with Gasteiger partial charge in [-0.05, 0) is 30.7 Å². The van der Waals surface area contributed by atoms with Crippen molar-refractivity contribution in [2.24, 2.45) is 0 Å². The second-order valence-electron chi connectivity index (χ2n) is 5.65. The summed E-state index contributed by atoms with van der Waals surface area (Å²) in [7, 11) is 0. The Bertz CT molecular complexity index is 719. The smallest absolute Gasteiger partial charge is 0.274 e. The second kappa shape index (κ2) is 6.24. The van der Waals surface area contributed by atoms with Crippen molar-refractivity contribution in [1.29, 1.82) is 0 Å². The average Bonchev–Trinajstić information content (AvgIpc) is 3.03. The van der Waals surface area contributed by atoms with E-state index in [2.05, 4.69) is 11.7 Å². The van der Waals surface area contributed by atoms with Crippen molar-refractivity contribution in [3.05, 3.63) is 48.8 Å². The van der Waals surface area contributed by atoms with Gasteiger partial charge in [-0.3, -0.25) is 9.59 Å². The molecule has 23 heavy (non-hydrogen) atoms. The Kier molecular flexibility index (Phi) is 4.14. The van der Waals surface area contributed by atoms with E-state index in [1.807, 2.05) is 31.3 Å². The van der Waals surface area contributed by atoms with Gasteiger partial charge in [-0.25, -0.2) is 4.52 Å². The van der Waals surface area contributed by atoms with E-state index in [1.165, 1.54) is 6.08 Å². The average molecular weight is 312 g/mol. The maximum atomic E-state index is 12.7. The molecule has 1 fully saturated rings. The largest absolute Gasteiger partial charge is 0.333 e. The molecule has 2 aromatic heterocycles. The van der Waals surface area contributed by atoms with Crippen molar-refractivity contribution in [3.63, 3.8) is 0 Å². The first-order chi connectivity index (χ1) is 11.1. The third-order valence-corrected chi connectivity index (χ3v) is 4.29. The Hall–Kier alpha value is -2.63. The molecule has 1 saturated heterocycles. The highest BCUT2D eigenvalue weighted by molar-refractivity contribution is 5.94. The first-order valence-corrected chi connectivity index (χ1v) is 7.80. The summed E-state index contributed by atoms with van der Waals surface area (Å²) >= 11 is 0. The number of rotatable bonds is 3. The van der Waals surface area contributed by atoms with E-state index in [0.717, 1.165) is 11.9 Å². The van der Waals surface area contributed by atoms with E-state index in [-0.39, 0.29) is 17.9 Å². The summed E-state index contributed by atoms with van der Waals surface area (Å²) in [6.45, 7) is 7.14. The number of aromatic nitrogens is 2. The molecule has 2 amide bonds. The molecular formula is C17H20N4O2. The van der Waals surface area contributed by atoms with E-state index >= 15 is 0 Å². The Balaban J connectivity index is 1.78. The predicted octanol–water partition coefficient (Wildman–Crippen LogP) is 1.58. The molecule has 120 valence electrons. The normalized spacial score (nSPS) is 18.2. The Labute approximate surface area is 135 Å². The van der Waals surface area contributed by atoms with Crippen LogP contribution in [0.4, 0.5) is 0 Å². The summed E-state index contributed by atoms with van der Waals surface area (Å²) in [6, 6.07) is 7.53. The van der Waals surface area contributed by atoms with Gasteiger partial charge in [0.25, 0.3) is 5.91 Å². The molecule has 0 N–H and O–H groups in total. The van der Waals surface area contributed by atoms with Gasteiger partial charge in [0.2, 0.25) is 5.91 Å². The van der Waals surface area contributed by atoms with Gasteiger partial charge in [0.05, 0.1) is 5.52 Å². The van der Waals surface area contributed by atoms with Gasteiger partial charge in [0.1, 0.15) is 0 Å². The van der Waals surface area contributed by atoms with Crippen molar-refractivity contribution in [2.45, 2.75) is 19.4 Å². The number of amides is 2. The molecular weight excluding hydrogens is 292 g/mol. The van der Waals surface area contributed by atoms with Crippen molar-refractivity contribution < 1.29 is 9.59 Å². The van der Waals surface area contributed by atoms with Gasteiger partial charge >= 0.3 is 0 Å². The first-order valence-electron chi connectivity index (χ1n) is 7.80. The summed E-state index contributed by atoms with van der Waals surface area (Å²) < 4.78 is 1.70. The van der Waals surface area contributed by atoms with Crippen LogP contribution in [0.15, 0.2) is 43.1 Å². The second-order valence-corrected chi connectivity index (χ2v) is 5.65. The summed E-state index contributed by atoms with van der Waals surface area (Å²) in [6.07, 6.45) is 3.96. The van der Waals surface area contributed by atoms with Crippen LogP contribution in [0, 0.1) is 0 Å². The van der Waals surface area contributed by atoms with E-state index in [9.17, 15) is 9.59 Å². The summed E-state index contributed by atoms with van der Waals surface area (Å²) in [5, 5.41) is 4.34. The van der Waals surface area contributed by atoms with Crippen LogP contribution in [-0.2, 0) is 4.79 Å². The van der Waals surface area contributed by atoms with Crippen LogP contribution >= 0.6 is 0 Å². The van der Waals surface area contributed by atoms with Gasteiger partial charge in [-0.1, -0.05) is 19.6 Å². The molecule has 1 aliphatic heterocycles. The van der Waals surface area contributed by atoms with Crippen molar-refractivity contribution in [3.8, 4) is 0 Å². The lowest BCUT2D eigenvalue weighted by atomic mass is 10.1. The number of hydrogen-bond donors (Lipinski definition) is 0. The molecule has 0 aromatic carbocycles. The fourth-order valence-electron chi connectivity index (χ4n) is 3.00. The molecule has 6 nitrogen and oxygen atoms in total. The molecule has 0 unspecified atom stereocenters. The fraction of sp³-hybridized carbons (Fsp3) is 0.353. The minimum Gasteiger partial charge on any atom is -0.333 e. The molecule has 0 bridgehead atoms. The zero-order chi connectivity index (χ0) is 16.4. The molecule has 0 saturated carbocycles. The van der Waals surface area contributed by atoms with Crippen molar-refractivity contribution in [1.82, 2.24) is 19.4 Å². The SMILES string of the molecule is C=CC(=O)N1CCN(C(=O)c2cc3ccccn3n2)C[C@H]1CC. The Morgan fingerprint density at radius 2 is 2.22 bits per heavy atom. The quantitative estimate of drug-likeness (QED) is 0.809. The molecule has 6 heteroatoms. The number of fused-ring (bicyclic) bond motifs is 1. The first kappa shape index (κ1) is 15.3. The van der Waals surface area contributed by atoms with Crippen LogP contribution in [0.25, 0.3) is 5.52 Å². The number of pyridine rings is 1. The third-order valence-electron chi connectivity index (χ3n) is 4.29. The van der Waals surface area contributed by atoms with Gasteiger partial charge in [-0.15, -0.1) is 0 Å². The van der Waals surface area contributed by atoms with Crippen LogP contribution in [0.5, 0.6) is 0 Å². The highest BCUT2D eigenvalue weighted by Crippen LogP contribution is 2.16. The summed E-state index contributed by atoms with van der Waals surface area (Å²) in [4.78, 5) is 28.2. The number of carbonyl (C=O) groups excluding carboxylic acids is 2. The number of hydrogen-bond acceptors (Lipinski definition) is 3. The molecule has 3 heterocycles. The molecule has 0 spiro atoms. The topological polar surface area (TPSA) is 57.9 Å². The molecule has 1 atom stereocenters. The van der Waals surface area contributed by atoms with E-state index in [4.69, 9.17) is 0 Å². The van der Waals surface area contributed by atoms with E-state index in [0.29, 0.717) is 25.3 Å². The predicted molar refractivity (Wildman–Crippen MR) is 87.1 cm³/mol. The number of nitrogens with zero attached hydrogens (tertiary/aromatic N) is 4. The minimum absolute atomic E-state index is 0.0234. The van der Waals surface area contributed by atoms with Crippen molar-refractivity contribution in [2.75, 3.05) is 19.6 Å². The van der Waals surface area contributed by atoms with Crippen LogP contribution in [0.2, 0.25) is 0 Å². The molecule has 1 aliphatic rings. The fourth-order valence-corrected chi connectivity index (χ4v) is 3.00. The standard InChI is InChI=1S/C17H20N4O2/c1-3-13-12-19(9-10-20(13)16(22)4-2)17(23)15-11-14-7-5-6-8-21(14)18-15/h4-8,11,13H,2-3,9-10,12H2,1H3/t13-/m1/s1. The third kappa shape index (κ3) is 2.84. The van der Waals surface area contributed by atoms with Crippen LogP contribution < -0.4 is 0 Å². The molecule has 0 aliphatic carbocycles. The van der Waals surface area contributed by atoms with E-state index in [1.54, 1.807) is 20.4 Å². The van der Waals surface area contributed by atoms with Gasteiger partial charge in [-0.2, -0.15) is 5.10 Å². The summed E-state index contributed by atoms with van der Waals surface area (Å²) in [5.41, 5.74) is 1.33. The lowest BCUT2D eigenvalue weighted by Crippen LogP contribution is -2.56. The Morgan fingerprint density at radius 3 is 2.91 bits per heavy atom. The maximum absolute atomic E-state index is 12.7. The highest BCUT2D eigenvalue weighted by Gasteiger charge is 2.31. The van der Waals surface area contributed by atoms with Crippen LogP contribution in [0.1, 0.15) is 23.8 Å². The number of piperazine rings is 1. The van der Waals surface area contributed by atoms with Crippen LogP contribution in [-0.4, -0.2) is 56.9 Å². The van der Waals surface area contributed by atoms with Crippen molar-refractivity contribution >= 4 is 17.3 Å². The lowest BCUT2D eigenvalue weighted by Gasteiger charge is -2.40. The highest BCUT2D eigenvalue weighted by atomic mass is 16.2. The molecule has 3 rings (SSSR count). The maximum Gasteiger partial charge on any atom is 0.274 e. The number of carbonyl (C=O) groups is 2. The van der Waals surface area contributed by atoms with Gasteiger partial charge < -0.3 is 9.80 Å². The van der Waals surface area contributed by atoms with E-state index < -0.39 is 0 Å². The zero-order valence-electron chi connectivity index (χ0n) is 13.2. The molecule has 0 radical (unpaired) electrons.